The van der Waals surface area contributed by atoms with Crippen molar-refractivity contribution in [1.82, 2.24) is 20.1 Å². The number of rotatable bonds is 7. The van der Waals surface area contributed by atoms with Gasteiger partial charge in [-0.05, 0) is 18.8 Å². The Kier molecular flexibility index (Phi) is 5.76. The van der Waals surface area contributed by atoms with Crippen LogP contribution in [0.4, 0.5) is 15.7 Å². The van der Waals surface area contributed by atoms with E-state index >= 15 is 0 Å². The molecule has 0 atom stereocenters. The van der Waals surface area contributed by atoms with Crippen LogP contribution in [0.2, 0.25) is 0 Å². The molecule has 0 fully saturated rings. The van der Waals surface area contributed by atoms with Crippen LogP contribution in [0, 0.1) is 5.92 Å². The molecule has 4 N–H and O–H groups in total. The maximum atomic E-state index is 11.9. The van der Waals surface area contributed by atoms with E-state index in [1.165, 1.54) is 11.3 Å². The second-order valence-corrected chi connectivity index (χ2v) is 6.34. The highest BCUT2D eigenvalue weighted by Crippen LogP contribution is 2.12. The Morgan fingerprint density at radius 2 is 2.32 bits per heavy atom. The Morgan fingerprint density at radius 3 is 3.00 bits per heavy atom. The van der Waals surface area contributed by atoms with E-state index in [2.05, 4.69) is 34.6 Å². The summed E-state index contributed by atoms with van der Waals surface area (Å²) >= 11 is 1.44. The molecule has 120 valence electrons. The van der Waals surface area contributed by atoms with Crippen molar-refractivity contribution >= 4 is 28.3 Å². The number of urea groups is 1. The second kappa shape index (κ2) is 7.79. The number of aromatic nitrogens is 3. The first kappa shape index (κ1) is 16.3. The number of carbonyl (C=O) groups excluding carboxylic acids is 1. The molecule has 0 unspecified atom stereocenters. The van der Waals surface area contributed by atoms with Gasteiger partial charge < -0.3 is 11.1 Å². The van der Waals surface area contributed by atoms with Gasteiger partial charge in [0.2, 0.25) is 0 Å². The standard InChI is InChI=1S/C14H22N6OS/c1-10(2)8-20-12(5-7-17-20)19-14(21)16-6-3-4-11-9-22-13(15)18-11/h5,7,9-10H,3-4,6,8H2,1-2H3,(H2,15,18)(H2,16,19,21). The lowest BCUT2D eigenvalue weighted by molar-refractivity contribution is 0.251. The number of anilines is 2. The summed E-state index contributed by atoms with van der Waals surface area (Å²) in [5.74, 6) is 1.17. The average molecular weight is 322 g/mol. The Labute approximate surface area is 133 Å². The Bertz CT molecular complexity index is 606. The van der Waals surface area contributed by atoms with Gasteiger partial charge in [-0.25, -0.2) is 14.5 Å². The molecule has 22 heavy (non-hydrogen) atoms. The minimum Gasteiger partial charge on any atom is -0.375 e. The molecule has 0 saturated carbocycles. The van der Waals surface area contributed by atoms with Gasteiger partial charge in [0.1, 0.15) is 5.82 Å². The Hall–Kier alpha value is -2.09. The number of thiazole rings is 1. The molecular weight excluding hydrogens is 300 g/mol. The third-order valence-electron chi connectivity index (χ3n) is 2.96. The van der Waals surface area contributed by atoms with E-state index in [0.717, 1.165) is 25.1 Å². The average Bonchev–Trinajstić information content (AvgIpc) is 3.04. The van der Waals surface area contributed by atoms with Gasteiger partial charge in [-0.15, -0.1) is 11.3 Å². The number of nitrogens with one attached hydrogen (secondary N) is 2. The molecule has 8 heteroatoms. The molecule has 0 radical (unpaired) electrons. The molecule has 2 rings (SSSR count). The summed E-state index contributed by atoms with van der Waals surface area (Å²) in [6, 6.07) is 1.57. The van der Waals surface area contributed by atoms with Crippen molar-refractivity contribution in [3.05, 3.63) is 23.3 Å². The van der Waals surface area contributed by atoms with Crippen LogP contribution in [0.1, 0.15) is 26.0 Å². The summed E-state index contributed by atoms with van der Waals surface area (Å²) in [6.07, 6.45) is 3.31. The van der Waals surface area contributed by atoms with Gasteiger partial charge in [-0.3, -0.25) is 5.32 Å². The van der Waals surface area contributed by atoms with E-state index in [9.17, 15) is 4.79 Å². The van der Waals surface area contributed by atoms with Gasteiger partial charge in [-0.1, -0.05) is 13.8 Å². The van der Waals surface area contributed by atoms with Crippen molar-refractivity contribution in [3.8, 4) is 0 Å². The van der Waals surface area contributed by atoms with Crippen LogP contribution in [-0.4, -0.2) is 27.3 Å². The molecule has 0 bridgehead atoms. The van der Waals surface area contributed by atoms with Gasteiger partial charge in [0.05, 0.1) is 11.9 Å². The maximum absolute atomic E-state index is 11.9. The van der Waals surface area contributed by atoms with Crippen molar-refractivity contribution in [3.63, 3.8) is 0 Å². The van der Waals surface area contributed by atoms with Crippen molar-refractivity contribution < 1.29 is 4.79 Å². The van der Waals surface area contributed by atoms with Gasteiger partial charge in [0, 0.05) is 24.5 Å². The molecule has 2 aromatic rings. The highest BCUT2D eigenvalue weighted by Gasteiger charge is 2.08. The summed E-state index contributed by atoms with van der Waals surface area (Å²) in [5.41, 5.74) is 6.55. The molecule has 2 heterocycles. The Morgan fingerprint density at radius 1 is 1.50 bits per heavy atom. The SMILES string of the molecule is CC(C)Cn1nccc1NC(=O)NCCCc1csc(N)n1. The van der Waals surface area contributed by atoms with Gasteiger partial charge in [-0.2, -0.15) is 5.10 Å². The maximum Gasteiger partial charge on any atom is 0.320 e. The summed E-state index contributed by atoms with van der Waals surface area (Å²) in [6.45, 7) is 5.57. The van der Waals surface area contributed by atoms with E-state index < -0.39 is 0 Å². The summed E-state index contributed by atoms with van der Waals surface area (Å²) in [4.78, 5) is 16.1. The molecule has 0 aromatic carbocycles. The van der Waals surface area contributed by atoms with Crippen LogP contribution in [0.15, 0.2) is 17.6 Å². The fourth-order valence-electron chi connectivity index (χ4n) is 2.00. The monoisotopic (exact) mass is 322 g/mol. The fourth-order valence-corrected chi connectivity index (χ4v) is 2.60. The number of nitrogen functional groups attached to an aromatic ring is 1. The number of nitrogens with zero attached hydrogens (tertiary/aromatic N) is 3. The molecule has 0 aliphatic rings. The molecule has 0 saturated heterocycles. The van der Waals surface area contributed by atoms with Crippen molar-refractivity contribution in [2.75, 3.05) is 17.6 Å². The normalized spacial score (nSPS) is 10.9. The number of aryl methyl sites for hydroxylation is 1. The summed E-state index contributed by atoms with van der Waals surface area (Å²) < 4.78 is 1.79. The minimum absolute atomic E-state index is 0.219. The zero-order chi connectivity index (χ0) is 15.9. The van der Waals surface area contributed by atoms with Gasteiger partial charge >= 0.3 is 6.03 Å². The summed E-state index contributed by atoms with van der Waals surface area (Å²) in [5, 5.41) is 12.4. The van der Waals surface area contributed by atoms with Crippen LogP contribution in [0.25, 0.3) is 0 Å². The Balaban J connectivity index is 1.70. The molecular formula is C14H22N6OS. The van der Waals surface area contributed by atoms with Gasteiger partial charge in [0.25, 0.3) is 0 Å². The predicted molar refractivity (Wildman–Crippen MR) is 88.9 cm³/mol. The molecule has 2 aromatic heterocycles. The van der Waals surface area contributed by atoms with Crippen molar-refractivity contribution in [2.24, 2.45) is 5.92 Å². The number of nitrogens with two attached hydrogens (primary N) is 1. The van der Waals surface area contributed by atoms with Crippen LogP contribution in [0.5, 0.6) is 0 Å². The van der Waals surface area contributed by atoms with Crippen molar-refractivity contribution in [1.29, 1.82) is 0 Å². The summed E-state index contributed by atoms with van der Waals surface area (Å²) in [7, 11) is 0. The third-order valence-corrected chi connectivity index (χ3v) is 3.68. The van der Waals surface area contributed by atoms with Crippen molar-refractivity contribution in [2.45, 2.75) is 33.2 Å². The zero-order valence-electron chi connectivity index (χ0n) is 12.9. The lowest BCUT2D eigenvalue weighted by Crippen LogP contribution is -2.31. The highest BCUT2D eigenvalue weighted by atomic mass is 32.1. The van der Waals surface area contributed by atoms with Crippen LogP contribution in [0.3, 0.4) is 0 Å². The van der Waals surface area contributed by atoms with E-state index in [0.29, 0.717) is 23.4 Å². The van der Waals surface area contributed by atoms with E-state index in [-0.39, 0.29) is 6.03 Å². The van der Waals surface area contributed by atoms with Crippen LogP contribution >= 0.6 is 11.3 Å². The fraction of sp³-hybridized carbons (Fsp3) is 0.500. The second-order valence-electron chi connectivity index (χ2n) is 5.45. The van der Waals surface area contributed by atoms with E-state index in [1.54, 1.807) is 16.9 Å². The van der Waals surface area contributed by atoms with Crippen LogP contribution < -0.4 is 16.4 Å². The highest BCUT2D eigenvalue weighted by molar-refractivity contribution is 7.13. The molecule has 2 amide bonds. The lowest BCUT2D eigenvalue weighted by Gasteiger charge is -2.11. The smallest absolute Gasteiger partial charge is 0.320 e. The molecule has 0 aliphatic heterocycles. The van der Waals surface area contributed by atoms with Gasteiger partial charge in [0.15, 0.2) is 5.13 Å². The lowest BCUT2D eigenvalue weighted by atomic mass is 10.2. The van der Waals surface area contributed by atoms with E-state index in [4.69, 9.17) is 5.73 Å². The third kappa shape index (κ3) is 5.03. The quantitative estimate of drug-likeness (QED) is 0.681. The number of hydrogen-bond donors (Lipinski definition) is 3. The largest absolute Gasteiger partial charge is 0.375 e. The molecule has 0 spiro atoms. The number of amides is 2. The number of hydrogen-bond acceptors (Lipinski definition) is 5. The number of carbonyl (C=O) groups is 1. The minimum atomic E-state index is -0.219. The molecule has 7 nitrogen and oxygen atoms in total. The first-order valence-corrected chi connectivity index (χ1v) is 8.19. The topological polar surface area (TPSA) is 97.9 Å². The molecule has 0 aliphatic carbocycles. The van der Waals surface area contributed by atoms with Crippen LogP contribution in [-0.2, 0) is 13.0 Å². The van der Waals surface area contributed by atoms with E-state index in [1.807, 2.05) is 5.38 Å². The first-order valence-electron chi connectivity index (χ1n) is 7.31. The first-order chi connectivity index (χ1) is 10.5. The predicted octanol–water partition coefficient (Wildman–Crippen LogP) is 2.33. The zero-order valence-corrected chi connectivity index (χ0v) is 13.7.